The van der Waals surface area contributed by atoms with Gasteiger partial charge in [0.25, 0.3) is 5.69 Å². The minimum Gasteiger partial charge on any atom is -0.366 e. The molecule has 0 N–H and O–H groups in total. The van der Waals surface area contributed by atoms with E-state index in [2.05, 4.69) is 0 Å². The van der Waals surface area contributed by atoms with Gasteiger partial charge in [0.1, 0.15) is 12.0 Å². The Labute approximate surface area is 110 Å². The predicted octanol–water partition coefficient (Wildman–Crippen LogP) is 2.60. The first-order valence-corrected chi connectivity index (χ1v) is 6.86. The molecule has 1 rings (SSSR count). The van der Waals surface area contributed by atoms with Crippen LogP contribution in [0.15, 0.2) is 18.2 Å². The molecule has 98 valence electrons. The quantitative estimate of drug-likeness (QED) is 0.451. The molecule has 0 saturated heterocycles. The standard InChI is InChI=1S/C12H16N2O3S/c1-9(8-18-3)13(2)11-5-4-10(7-15)6-12(11)14(16)17/h4-7,9H,8H2,1-3H3. The molecule has 0 spiro atoms. The Bertz CT molecular complexity index is 451. The lowest BCUT2D eigenvalue weighted by atomic mass is 10.1. The van der Waals surface area contributed by atoms with E-state index in [1.807, 2.05) is 25.1 Å². The summed E-state index contributed by atoms with van der Waals surface area (Å²) in [6.07, 6.45) is 2.61. The Balaban J connectivity index is 3.14. The molecule has 0 heterocycles. The van der Waals surface area contributed by atoms with E-state index in [9.17, 15) is 14.9 Å². The van der Waals surface area contributed by atoms with E-state index in [1.54, 1.807) is 23.9 Å². The lowest BCUT2D eigenvalue weighted by Gasteiger charge is -2.26. The Morgan fingerprint density at radius 3 is 2.72 bits per heavy atom. The van der Waals surface area contributed by atoms with Crippen molar-refractivity contribution in [2.45, 2.75) is 13.0 Å². The minimum atomic E-state index is -0.454. The molecule has 0 aliphatic heterocycles. The highest BCUT2D eigenvalue weighted by Gasteiger charge is 2.20. The van der Waals surface area contributed by atoms with E-state index in [0.717, 1.165) is 5.75 Å². The third kappa shape index (κ3) is 3.22. The van der Waals surface area contributed by atoms with Crippen molar-refractivity contribution in [3.63, 3.8) is 0 Å². The monoisotopic (exact) mass is 268 g/mol. The minimum absolute atomic E-state index is 0.0324. The molecule has 0 aliphatic carbocycles. The van der Waals surface area contributed by atoms with Crippen LogP contribution in [-0.2, 0) is 0 Å². The molecular weight excluding hydrogens is 252 g/mol. The number of thioether (sulfide) groups is 1. The van der Waals surface area contributed by atoms with Gasteiger partial charge in [-0.25, -0.2) is 0 Å². The third-order valence-corrected chi connectivity index (χ3v) is 3.60. The maximum Gasteiger partial charge on any atom is 0.293 e. The molecule has 6 heteroatoms. The summed E-state index contributed by atoms with van der Waals surface area (Å²) in [6.45, 7) is 2.01. The van der Waals surface area contributed by atoms with Gasteiger partial charge in [-0.1, -0.05) is 0 Å². The summed E-state index contributed by atoms with van der Waals surface area (Å²) in [4.78, 5) is 23.1. The normalized spacial score (nSPS) is 11.9. The summed E-state index contributed by atoms with van der Waals surface area (Å²) in [5, 5.41) is 11.0. The van der Waals surface area contributed by atoms with Crippen LogP contribution in [0.3, 0.4) is 0 Å². The van der Waals surface area contributed by atoms with E-state index < -0.39 is 4.92 Å². The number of hydrogen-bond donors (Lipinski definition) is 0. The topological polar surface area (TPSA) is 63.5 Å². The van der Waals surface area contributed by atoms with Gasteiger partial charge in [0.2, 0.25) is 0 Å². The molecule has 0 aromatic heterocycles. The van der Waals surface area contributed by atoms with Crippen LogP contribution in [0.5, 0.6) is 0 Å². The molecule has 1 aromatic carbocycles. The van der Waals surface area contributed by atoms with Crippen LogP contribution in [0.1, 0.15) is 17.3 Å². The van der Waals surface area contributed by atoms with Crippen molar-refractivity contribution in [3.8, 4) is 0 Å². The molecule has 5 nitrogen and oxygen atoms in total. The van der Waals surface area contributed by atoms with Gasteiger partial charge in [0.05, 0.1) is 4.92 Å². The first kappa shape index (κ1) is 14.5. The number of anilines is 1. The van der Waals surface area contributed by atoms with Crippen molar-refractivity contribution in [2.24, 2.45) is 0 Å². The number of rotatable bonds is 6. The number of carbonyl (C=O) groups excluding carboxylic acids is 1. The smallest absolute Gasteiger partial charge is 0.293 e. The van der Waals surface area contributed by atoms with Crippen molar-refractivity contribution in [2.75, 3.05) is 24.0 Å². The Hall–Kier alpha value is -1.56. The highest BCUT2D eigenvalue weighted by molar-refractivity contribution is 7.98. The molecule has 0 aliphatic rings. The third-order valence-electron chi connectivity index (χ3n) is 2.78. The summed E-state index contributed by atoms with van der Waals surface area (Å²) >= 11 is 1.69. The second-order valence-corrected chi connectivity index (χ2v) is 4.95. The second-order valence-electron chi connectivity index (χ2n) is 4.04. The number of aldehydes is 1. The average Bonchev–Trinajstić information content (AvgIpc) is 2.37. The zero-order valence-corrected chi connectivity index (χ0v) is 11.4. The van der Waals surface area contributed by atoms with Crippen molar-refractivity contribution in [1.82, 2.24) is 0 Å². The fraction of sp³-hybridized carbons (Fsp3) is 0.417. The van der Waals surface area contributed by atoms with Gasteiger partial charge in [-0.2, -0.15) is 11.8 Å². The SMILES string of the molecule is CSCC(C)N(C)c1ccc(C=O)cc1[N+](=O)[O-]. The molecule has 0 saturated carbocycles. The molecule has 0 bridgehead atoms. The average molecular weight is 268 g/mol. The number of nitro benzene ring substituents is 1. The number of hydrogen-bond acceptors (Lipinski definition) is 5. The molecule has 0 amide bonds. The van der Waals surface area contributed by atoms with Crippen LogP contribution in [0.25, 0.3) is 0 Å². The Morgan fingerprint density at radius 1 is 1.56 bits per heavy atom. The van der Waals surface area contributed by atoms with E-state index in [0.29, 0.717) is 17.5 Å². The number of carbonyl (C=O) groups is 1. The number of benzene rings is 1. The largest absolute Gasteiger partial charge is 0.366 e. The van der Waals surface area contributed by atoms with Crippen LogP contribution >= 0.6 is 11.8 Å². The fourth-order valence-corrected chi connectivity index (χ4v) is 2.35. The highest BCUT2D eigenvalue weighted by Crippen LogP contribution is 2.29. The van der Waals surface area contributed by atoms with Gasteiger partial charge in [0.15, 0.2) is 0 Å². The predicted molar refractivity (Wildman–Crippen MR) is 74.7 cm³/mol. The first-order valence-electron chi connectivity index (χ1n) is 5.46. The molecule has 0 fully saturated rings. The number of nitro groups is 1. The van der Waals surface area contributed by atoms with Gasteiger partial charge in [-0.3, -0.25) is 14.9 Å². The van der Waals surface area contributed by atoms with Crippen LogP contribution in [0.4, 0.5) is 11.4 Å². The molecule has 1 aromatic rings. The van der Waals surface area contributed by atoms with Crippen molar-refractivity contribution in [3.05, 3.63) is 33.9 Å². The lowest BCUT2D eigenvalue weighted by molar-refractivity contribution is -0.384. The van der Waals surface area contributed by atoms with Crippen molar-refractivity contribution >= 4 is 29.4 Å². The van der Waals surface area contributed by atoms with E-state index in [-0.39, 0.29) is 11.7 Å². The molecular formula is C12H16N2O3S. The first-order chi connectivity index (χ1) is 8.51. The molecule has 1 unspecified atom stereocenters. The molecule has 18 heavy (non-hydrogen) atoms. The van der Waals surface area contributed by atoms with Gasteiger partial charge >= 0.3 is 0 Å². The van der Waals surface area contributed by atoms with Gasteiger partial charge in [0, 0.05) is 30.5 Å². The van der Waals surface area contributed by atoms with Gasteiger partial charge in [-0.15, -0.1) is 0 Å². The summed E-state index contributed by atoms with van der Waals surface area (Å²) in [5.74, 6) is 0.878. The van der Waals surface area contributed by atoms with Crippen LogP contribution in [0.2, 0.25) is 0 Å². The number of nitrogens with zero attached hydrogens (tertiary/aromatic N) is 2. The van der Waals surface area contributed by atoms with Crippen molar-refractivity contribution < 1.29 is 9.72 Å². The summed E-state index contributed by atoms with van der Waals surface area (Å²) in [7, 11) is 1.82. The van der Waals surface area contributed by atoms with E-state index in [4.69, 9.17) is 0 Å². The second kappa shape index (κ2) is 6.39. The van der Waals surface area contributed by atoms with Gasteiger partial charge in [-0.05, 0) is 25.3 Å². The maximum absolute atomic E-state index is 11.0. The molecule has 1 atom stereocenters. The summed E-state index contributed by atoms with van der Waals surface area (Å²) in [5.41, 5.74) is 0.818. The highest BCUT2D eigenvalue weighted by atomic mass is 32.2. The van der Waals surface area contributed by atoms with Crippen LogP contribution in [-0.4, -0.2) is 36.3 Å². The summed E-state index contributed by atoms with van der Waals surface area (Å²) < 4.78 is 0. The Morgan fingerprint density at radius 2 is 2.22 bits per heavy atom. The maximum atomic E-state index is 11.0. The van der Waals surface area contributed by atoms with Crippen molar-refractivity contribution in [1.29, 1.82) is 0 Å². The lowest BCUT2D eigenvalue weighted by Crippen LogP contribution is -2.31. The van der Waals surface area contributed by atoms with E-state index >= 15 is 0 Å². The van der Waals surface area contributed by atoms with Crippen LogP contribution in [0, 0.1) is 10.1 Å². The summed E-state index contributed by atoms with van der Waals surface area (Å²) in [6, 6.07) is 4.71. The van der Waals surface area contributed by atoms with Crippen LogP contribution < -0.4 is 4.90 Å². The zero-order valence-electron chi connectivity index (χ0n) is 10.6. The van der Waals surface area contributed by atoms with E-state index in [1.165, 1.54) is 6.07 Å². The zero-order chi connectivity index (χ0) is 13.7. The fourth-order valence-electron chi connectivity index (χ4n) is 1.65. The Kier molecular flexibility index (Phi) is 5.15. The van der Waals surface area contributed by atoms with Gasteiger partial charge < -0.3 is 4.90 Å². The molecule has 0 radical (unpaired) electrons.